The van der Waals surface area contributed by atoms with Crippen LogP contribution < -0.4 is 25.4 Å². The minimum Gasteiger partial charge on any atom is -0.497 e. The van der Waals surface area contributed by atoms with Crippen LogP contribution in [0.3, 0.4) is 0 Å². The number of amidine groups is 1. The second-order valence-electron chi connectivity index (χ2n) is 8.65. The summed E-state index contributed by atoms with van der Waals surface area (Å²) >= 11 is 0. The third-order valence-electron chi connectivity index (χ3n) is 5.35. The molecule has 0 aliphatic heterocycles. The standard InChI is InChI=1S/C28H28F3N5O4/c1-17(2)23-14-22(39-3)12-13-24(23)36-26(38)15-25(37)35-20-6-4-18(5-7-20)27(32)34-16-33-19-8-10-21(11-9-19)40-28(29,30)31/h4-17,36,38H,1-3H3,(H,35,37)(H2,32,33,34)/b26-15-. The van der Waals surface area contributed by atoms with Crippen LogP contribution in [-0.4, -0.2) is 36.7 Å². The molecule has 0 saturated heterocycles. The van der Waals surface area contributed by atoms with Crippen LogP contribution in [0.5, 0.6) is 11.5 Å². The minimum absolute atomic E-state index is 0.0930. The molecule has 0 aliphatic carbocycles. The first-order valence-electron chi connectivity index (χ1n) is 11.9. The van der Waals surface area contributed by atoms with Crippen molar-refractivity contribution in [3.8, 4) is 11.5 Å². The zero-order valence-electron chi connectivity index (χ0n) is 21.8. The van der Waals surface area contributed by atoms with Gasteiger partial charge in [0.15, 0.2) is 11.7 Å². The molecule has 3 rings (SSSR count). The highest BCUT2D eigenvalue weighted by Gasteiger charge is 2.30. The predicted molar refractivity (Wildman–Crippen MR) is 149 cm³/mol. The van der Waals surface area contributed by atoms with E-state index in [0.717, 1.165) is 23.8 Å². The van der Waals surface area contributed by atoms with Gasteiger partial charge in [0.25, 0.3) is 5.91 Å². The van der Waals surface area contributed by atoms with Crippen LogP contribution in [0.4, 0.5) is 30.2 Å². The smallest absolute Gasteiger partial charge is 0.497 e. The number of halogens is 3. The molecular weight excluding hydrogens is 527 g/mol. The van der Waals surface area contributed by atoms with E-state index in [1.807, 2.05) is 19.9 Å². The van der Waals surface area contributed by atoms with Crippen molar-refractivity contribution in [2.45, 2.75) is 26.1 Å². The highest BCUT2D eigenvalue weighted by Crippen LogP contribution is 2.29. The van der Waals surface area contributed by atoms with Gasteiger partial charge in [-0.1, -0.05) is 13.8 Å². The van der Waals surface area contributed by atoms with Gasteiger partial charge in [-0.2, -0.15) is 0 Å². The van der Waals surface area contributed by atoms with Crippen molar-refractivity contribution in [3.05, 3.63) is 89.8 Å². The van der Waals surface area contributed by atoms with Gasteiger partial charge in [0.2, 0.25) is 0 Å². The van der Waals surface area contributed by atoms with Gasteiger partial charge < -0.3 is 30.5 Å². The molecule has 0 fully saturated rings. The quantitative estimate of drug-likeness (QED) is 0.0827. The number of hydrogen-bond donors (Lipinski definition) is 5. The molecule has 40 heavy (non-hydrogen) atoms. The fourth-order valence-corrected chi connectivity index (χ4v) is 3.45. The van der Waals surface area contributed by atoms with E-state index in [9.17, 15) is 23.1 Å². The van der Waals surface area contributed by atoms with Crippen LogP contribution in [0.15, 0.2) is 83.7 Å². The van der Waals surface area contributed by atoms with Crippen molar-refractivity contribution in [2.75, 3.05) is 23.1 Å². The molecule has 5 N–H and O–H groups in total. The predicted octanol–water partition coefficient (Wildman–Crippen LogP) is 6.63. The van der Waals surface area contributed by atoms with Crippen LogP contribution in [0.2, 0.25) is 0 Å². The highest BCUT2D eigenvalue weighted by atomic mass is 19.4. The van der Waals surface area contributed by atoms with E-state index in [0.29, 0.717) is 28.4 Å². The number of hydrogen-bond acceptors (Lipinski definition) is 6. The number of aliphatic hydroxyl groups excluding tert-OH is 1. The third kappa shape index (κ3) is 9.08. The van der Waals surface area contributed by atoms with E-state index in [1.165, 1.54) is 18.5 Å². The Kier molecular flexibility index (Phi) is 9.74. The molecule has 12 heteroatoms. The number of carbonyl (C=O) groups excluding carboxylic acids is 1. The Balaban J connectivity index is 1.54. The summed E-state index contributed by atoms with van der Waals surface area (Å²) in [5, 5.41) is 26.6. The zero-order valence-corrected chi connectivity index (χ0v) is 21.8. The molecule has 0 unspecified atom stereocenters. The Morgan fingerprint density at radius 2 is 1.60 bits per heavy atom. The summed E-state index contributed by atoms with van der Waals surface area (Å²) in [6, 6.07) is 16.7. The van der Waals surface area contributed by atoms with E-state index < -0.39 is 12.3 Å². The second kappa shape index (κ2) is 13.2. The lowest BCUT2D eigenvalue weighted by atomic mass is 10.0. The lowest BCUT2D eigenvalue weighted by molar-refractivity contribution is -0.274. The van der Waals surface area contributed by atoms with Gasteiger partial charge in [-0.25, -0.2) is 4.99 Å². The monoisotopic (exact) mass is 555 g/mol. The van der Waals surface area contributed by atoms with E-state index in [1.54, 1.807) is 43.5 Å². The number of methoxy groups -OCH3 is 1. The van der Waals surface area contributed by atoms with Gasteiger partial charge in [0.1, 0.15) is 11.5 Å². The average molecular weight is 556 g/mol. The average Bonchev–Trinajstić information content (AvgIpc) is 2.89. The van der Waals surface area contributed by atoms with Gasteiger partial charge >= 0.3 is 6.36 Å². The molecule has 0 aromatic heterocycles. The zero-order chi connectivity index (χ0) is 29.3. The molecule has 3 aromatic rings. The first-order valence-corrected chi connectivity index (χ1v) is 11.9. The Hall–Kier alpha value is -5.00. The van der Waals surface area contributed by atoms with Crippen LogP contribution in [0.1, 0.15) is 30.9 Å². The number of alkyl halides is 3. The van der Waals surface area contributed by atoms with Gasteiger partial charge in [-0.05, 0) is 78.2 Å². The van der Waals surface area contributed by atoms with Crippen molar-refractivity contribution in [1.29, 1.82) is 5.41 Å². The fraction of sp³-hybridized carbons (Fsp3) is 0.179. The maximum absolute atomic E-state index is 12.4. The number of carbonyl (C=O) groups is 1. The Labute approximate surface area is 228 Å². The molecular formula is C28H28F3N5O4. The largest absolute Gasteiger partial charge is 0.573 e. The topological polar surface area (TPSA) is 128 Å². The Bertz CT molecular complexity index is 1390. The van der Waals surface area contributed by atoms with Crippen molar-refractivity contribution in [1.82, 2.24) is 0 Å². The van der Waals surface area contributed by atoms with Crippen LogP contribution in [0, 0.1) is 5.41 Å². The van der Waals surface area contributed by atoms with Crippen LogP contribution in [0.25, 0.3) is 0 Å². The van der Waals surface area contributed by atoms with E-state index in [2.05, 4.69) is 25.7 Å². The number of nitrogens with one attached hydrogen (secondary N) is 4. The summed E-state index contributed by atoms with van der Waals surface area (Å²) in [4.78, 5) is 16.3. The number of aliphatic hydroxyl groups is 1. The summed E-state index contributed by atoms with van der Waals surface area (Å²) in [5.74, 6) is -0.528. The highest BCUT2D eigenvalue weighted by molar-refractivity contribution is 6.03. The Morgan fingerprint density at radius 3 is 2.20 bits per heavy atom. The molecule has 210 valence electrons. The molecule has 0 heterocycles. The molecule has 0 radical (unpaired) electrons. The van der Waals surface area contributed by atoms with Gasteiger partial charge in [-0.3, -0.25) is 10.2 Å². The first-order chi connectivity index (χ1) is 18.9. The van der Waals surface area contributed by atoms with Crippen LogP contribution >= 0.6 is 0 Å². The summed E-state index contributed by atoms with van der Waals surface area (Å²) in [7, 11) is 1.57. The normalized spacial score (nSPS) is 11.8. The summed E-state index contributed by atoms with van der Waals surface area (Å²) < 4.78 is 45.8. The summed E-state index contributed by atoms with van der Waals surface area (Å²) in [5.41, 5.74) is 2.88. The number of nitrogens with zero attached hydrogens (tertiary/aromatic N) is 1. The van der Waals surface area contributed by atoms with Gasteiger partial charge in [0, 0.05) is 22.6 Å². The first kappa shape index (κ1) is 29.6. The van der Waals surface area contributed by atoms with Crippen molar-refractivity contribution in [2.24, 2.45) is 4.99 Å². The van der Waals surface area contributed by atoms with Crippen LogP contribution in [-0.2, 0) is 4.79 Å². The maximum atomic E-state index is 12.4. The van der Waals surface area contributed by atoms with E-state index in [-0.39, 0.29) is 23.4 Å². The van der Waals surface area contributed by atoms with E-state index >= 15 is 0 Å². The number of anilines is 3. The second-order valence-corrected chi connectivity index (χ2v) is 8.65. The molecule has 1 amide bonds. The fourth-order valence-electron chi connectivity index (χ4n) is 3.45. The molecule has 3 aromatic carbocycles. The van der Waals surface area contributed by atoms with Crippen molar-refractivity contribution >= 4 is 35.1 Å². The van der Waals surface area contributed by atoms with Crippen molar-refractivity contribution in [3.63, 3.8) is 0 Å². The van der Waals surface area contributed by atoms with Gasteiger partial charge in [0.05, 0.1) is 19.5 Å². The Morgan fingerprint density at radius 1 is 0.975 bits per heavy atom. The maximum Gasteiger partial charge on any atom is 0.573 e. The van der Waals surface area contributed by atoms with E-state index in [4.69, 9.17) is 10.1 Å². The molecule has 9 nitrogen and oxygen atoms in total. The SMILES string of the molecule is COc1ccc(N/C(O)=C/C(=O)Nc2ccc(C(=N)/N=C\Nc3ccc(OC(F)(F)F)cc3)cc2)c(C(C)C)c1. The molecule has 0 bridgehead atoms. The molecule has 0 aliphatic rings. The van der Waals surface area contributed by atoms with Gasteiger partial charge in [-0.15, -0.1) is 13.2 Å². The lowest BCUT2D eigenvalue weighted by Crippen LogP contribution is -2.17. The molecule has 0 saturated carbocycles. The molecule has 0 spiro atoms. The number of benzene rings is 3. The summed E-state index contributed by atoms with van der Waals surface area (Å²) in [6.07, 6.45) is -2.52. The summed E-state index contributed by atoms with van der Waals surface area (Å²) in [6.45, 7) is 3.99. The lowest BCUT2D eigenvalue weighted by Gasteiger charge is -2.15. The number of aliphatic imine (C=N–C) groups is 1. The number of ether oxygens (including phenoxy) is 2. The number of amides is 1. The van der Waals surface area contributed by atoms with Crippen molar-refractivity contribution < 1.29 is 32.5 Å². The minimum atomic E-state index is -4.77. The third-order valence-corrected chi connectivity index (χ3v) is 5.35. The molecule has 0 atom stereocenters. The number of rotatable bonds is 10.